The molecule has 0 aliphatic heterocycles. The van der Waals surface area contributed by atoms with Gasteiger partial charge in [-0.05, 0) is 52.3 Å². The van der Waals surface area contributed by atoms with Gasteiger partial charge in [0, 0.05) is 10.6 Å². The van der Waals surface area contributed by atoms with Crippen LogP contribution >= 0.6 is 27.5 Å². The highest BCUT2D eigenvalue weighted by molar-refractivity contribution is 9.10. The smallest absolute Gasteiger partial charge is 0.337 e. The van der Waals surface area contributed by atoms with Gasteiger partial charge in [-0.2, -0.15) is 0 Å². The molecule has 0 saturated heterocycles. The van der Waals surface area contributed by atoms with Gasteiger partial charge < -0.3 is 15.5 Å². The second kappa shape index (κ2) is 6.15. The van der Waals surface area contributed by atoms with E-state index in [0.717, 1.165) is 0 Å². The molecule has 0 bridgehead atoms. The van der Waals surface area contributed by atoms with Crippen LogP contribution in [0.5, 0.6) is 5.75 Å². The van der Waals surface area contributed by atoms with E-state index in [-0.39, 0.29) is 27.6 Å². The van der Waals surface area contributed by atoms with E-state index in [0.29, 0.717) is 4.47 Å². The molecule has 5 nitrogen and oxygen atoms in total. The van der Waals surface area contributed by atoms with E-state index in [4.69, 9.17) is 16.7 Å². The first-order chi connectivity index (χ1) is 9.88. The van der Waals surface area contributed by atoms with Gasteiger partial charge in [0.15, 0.2) is 0 Å². The average molecular weight is 371 g/mol. The third-order valence-corrected chi connectivity index (χ3v) is 3.57. The lowest BCUT2D eigenvalue weighted by atomic mass is 10.1. The molecule has 0 aliphatic carbocycles. The number of aromatic carboxylic acids is 1. The molecular weight excluding hydrogens is 362 g/mol. The summed E-state index contributed by atoms with van der Waals surface area (Å²) in [5, 5.41) is 21.4. The molecule has 0 radical (unpaired) electrons. The maximum absolute atomic E-state index is 12.1. The van der Waals surface area contributed by atoms with Gasteiger partial charge in [0.1, 0.15) is 5.75 Å². The minimum atomic E-state index is -1.20. The van der Waals surface area contributed by atoms with Crippen molar-refractivity contribution in [2.24, 2.45) is 0 Å². The fourth-order valence-electron chi connectivity index (χ4n) is 1.65. The van der Waals surface area contributed by atoms with Gasteiger partial charge in [-0.15, -0.1) is 0 Å². The Morgan fingerprint density at radius 3 is 2.48 bits per heavy atom. The summed E-state index contributed by atoms with van der Waals surface area (Å²) in [5.41, 5.74) is 0.207. The number of carboxylic acid groups (broad SMARTS) is 1. The predicted molar refractivity (Wildman–Crippen MR) is 82.2 cm³/mol. The van der Waals surface area contributed by atoms with Crippen LogP contribution in [0.25, 0.3) is 0 Å². The fourth-order valence-corrected chi connectivity index (χ4v) is 2.07. The lowest BCUT2D eigenvalue weighted by Crippen LogP contribution is -2.14. The summed E-state index contributed by atoms with van der Waals surface area (Å²) in [5.74, 6) is -1.83. The number of nitrogens with one attached hydrogen (secondary N) is 1. The number of phenols is 1. The van der Waals surface area contributed by atoms with Crippen molar-refractivity contribution in [1.82, 2.24) is 0 Å². The molecule has 0 atom stereocenters. The summed E-state index contributed by atoms with van der Waals surface area (Å²) in [6.45, 7) is 0. The van der Waals surface area contributed by atoms with Crippen LogP contribution in [0, 0.1) is 0 Å². The molecule has 0 aromatic heterocycles. The monoisotopic (exact) mass is 369 g/mol. The van der Waals surface area contributed by atoms with E-state index >= 15 is 0 Å². The Kier molecular flexibility index (Phi) is 4.50. The molecule has 21 heavy (non-hydrogen) atoms. The van der Waals surface area contributed by atoms with Crippen LogP contribution < -0.4 is 5.32 Å². The normalized spacial score (nSPS) is 10.2. The van der Waals surface area contributed by atoms with E-state index in [9.17, 15) is 14.7 Å². The van der Waals surface area contributed by atoms with Gasteiger partial charge in [0.2, 0.25) is 0 Å². The molecule has 0 saturated carbocycles. The van der Waals surface area contributed by atoms with Gasteiger partial charge >= 0.3 is 5.97 Å². The molecule has 3 N–H and O–H groups in total. The van der Waals surface area contributed by atoms with Gasteiger partial charge in [-0.25, -0.2) is 4.79 Å². The molecule has 0 fully saturated rings. The predicted octanol–water partition coefficient (Wildman–Crippen LogP) is 3.76. The highest BCUT2D eigenvalue weighted by Crippen LogP contribution is 2.26. The third kappa shape index (κ3) is 3.53. The number of phenolic OH excluding ortho intramolecular Hbond substituents is 1. The van der Waals surface area contributed by atoms with Crippen molar-refractivity contribution in [2.45, 2.75) is 0 Å². The van der Waals surface area contributed by atoms with Gasteiger partial charge in [-0.3, -0.25) is 4.79 Å². The number of carboxylic acids is 1. The van der Waals surface area contributed by atoms with Crippen molar-refractivity contribution in [3.8, 4) is 5.75 Å². The Bertz CT molecular complexity index is 733. The number of halogens is 2. The molecular formula is C14H9BrClNO4. The second-order valence-corrected chi connectivity index (χ2v) is 5.41. The zero-order chi connectivity index (χ0) is 15.6. The summed E-state index contributed by atoms with van der Waals surface area (Å²) >= 11 is 8.85. The zero-order valence-electron chi connectivity index (χ0n) is 10.4. The molecule has 0 unspecified atom stereocenters. The number of hydrogen-bond acceptors (Lipinski definition) is 3. The average Bonchev–Trinajstić information content (AvgIpc) is 2.43. The zero-order valence-corrected chi connectivity index (χ0v) is 12.8. The Balaban J connectivity index is 2.31. The van der Waals surface area contributed by atoms with E-state index < -0.39 is 11.9 Å². The standard InChI is InChI=1S/C14H9BrClNO4/c15-10-3-1-7(5-12(10)18)13(19)17-11-4-2-8(16)6-9(11)14(20)21/h1-6,18H,(H,17,19)(H,20,21). The number of rotatable bonds is 3. The van der Waals surface area contributed by atoms with Crippen LogP contribution in [-0.4, -0.2) is 22.1 Å². The van der Waals surface area contributed by atoms with Crippen molar-refractivity contribution in [1.29, 1.82) is 0 Å². The topological polar surface area (TPSA) is 86.6 Å². The minimum absolute atomic E-state index is 0.0859. The maximum Gasteiger partial charge on any atom is 0.337 e. The Labute approximate surface area is 133 Å². The van der Waals surface area contributed by atoms with Crippen LogP contribution in [-0.2, 0) is 0 Å². The van der Waals surface area contributed by atoms with Crippen LogP contribution in [0.2, 0.25) is 5.02 Å². The lowest BCUT2D eigenvalue weighted by molar-refractivity contribution is 0.0698. The fraction of sp³-hybridized carbons (Fsp3) is 0. The number of aromatic hydroxyl groups is 1. The van der Waals surface area contributed by atoms with Crippen LogP contribution in [0.4, 0.5) is 5.69 Å². The molecule has 0 spiro atoms. The highest BCUT2D eigenvalue weighted by atomic mass is 79.9. The molecule has 0 aliphatic rings. The number of carbonyl (C=O) groups is 2. The van der Waals surface area contributed by atoms with Crippen molar-refractivity contribution < 1.29 is 19.8 Å². The largest absolute Gasteiger partial charge is 0.507 e. The van der Waals surface area contributed by atoms with Gasteiger partial charge in [-0.1, -0.05) is 11.6 Å². The molecule has 2 aromatic carbocycles. The first kappa shape index (κ1) is 15.3. The summed E-state index contributed by atoms with van der Waals surface area (Å²) in [6.07, 6.45) is 0. The first-order valence-corrected chi connectivity index (χ1v) is 6.88. The molecule has 108 valence electrons. The molecule has 1 amide bonds. The SMILES string of the molecule is O=C(Nc1ccc(Cl)cc1C(=O)O)c1ccc(Br)c(O)c1. The van der Waals surface area contributed by atoms with E-state index in [1.807, 2.05) is 0 Å². The molecule has 2 rings (SSSR count). The number of carbonyl (C=O) groups excluding carboxylic acids is 1. The minimum Gasteiger partial charge on any atom is -0.507 e. The number of hydrogen-bond donors (Lipinski definition) is 3. The van der Waals surface area contributed by atoms with Crippen LogP contribution in [0.1, 0.15) is 20.7 Å². The van der Waals surface area contributed by atoms with Crippen LogP contribution in [0.3, 0.4) is 0 Å². The quantitative estimate of drug-likeness (QED) is 0.768. The van der Waals surface area contributed by atoms with E-state index in [2.05, 4.69) is 21.2 Å². The van der Waals surface area contributed by atoms with Crippen molar-refractivity contribution in [2.75, 3.05) is 5.32 Å². The Morgan fingerprint density at radius 2 is 1.86 bits per heavy atom. The Morgan fingerprint density at radius 1 is 1.14 bits per heavy atom. The van der Waals surface area contributed by atoms with Gasteiger partial charge in [0.05, 0.1) is 15.7 Å². The number of benzene rings is 2. The first-order valence-electron chi connectivity index (χ1n) is 5.71. The van der Waals surface area contributed by atoms with E-state index in [1.165, 1.54) is 36.4 Å². The summed E-state index contributed by atoms with van der Waals surface area (Å²) in [6, 6.07) is 8.42. The maximum atomic E-state index is 12.1. The third-order valence-electron chi connectivity index (χ3n) is 2.67. The second-order valence-electron chi connectivity index (χ2n) is 4.12. The van der Waals surface area contributed by atoms with Crippen molar-refractivity contribution in [3.63, 3.8) is 0 Å². The lowest BCUT2D eigenvalue weighted by Gasteiger charge is -2.09. The number of amides is 1. The Hall–Kier alpha value is -2.05. The summed E-state index contributed by atoms with van der Waals surface area (Å²) < 4.78 is 0.455. The van der Waals surface area contributed by atoms with Crippen LogP contribution in [0.15, 0.2) is 40.9 Å². The van der Waals surface area contributed by atoms with Gasteiger partial charge in [0.25, 0.3) is 5.91 Å². The van der Waals surface area contributed by atoms with E-state index in [1.54, 1.807) is 0 Å². The highest BCUT2D eigenvalue weighted by Gasteiger charge is 2.15. The summed E-state index contributed by atoms with van der Waals surface area (Å²) in [7, 11) is 0. The molecule has 7 heteroatoms. The van der Waals surface area contributed by atoms with Crippen molar-refractivity contribution >= 4 is 45.1 Å². The summed E-state index contributed by atoms with van der Waals surface area (Å²) in [4.78, 5) is 23.2. The molecule has 0 heterocycles. The van der Waals surface area contributed by atoms with Crippen molar-refractivity contribution in [3.05, 3.63) is 57.0 Å². The molecule has 2 aromatic rings. The number of anilines is 1.